The monoisotopic (exact) mass is 341 g/mol. The van der Waals surface area contributed by atoms with E-state index in [0.717, 1.165) is 11.3 Å². The smallest absolute Gasteiger partial charge is 0.273 e. The molecule has 0 aliphatic rings. The lowest BCUT2D eigenvalue weighted by Gasteiger charge is -2.09. The highest BCUT2D eigenvalue weighted by Crippen LogP contribution is 2.18. The molecule has 0 fully saturated rings. The van der Waals surface area contributed by atoms with Gasteiger partial charge in [0.25, 0.3) is 5.69 Å². The van der Waals surface area contributed by atoms with Crippen LogP contribution in [0.2, 0.25) is 0 Å². The van der Waals surface area contributed by atoms with Gasteiger partial charge in [0.2, 0.25) is 5.91 Å². The molecule has 0 saturated heterocycles. The van der Waals surface area contributed by atoms with Crippen molar-refractivity contribution in [2.45, 2.75) is 26.4 Å². The number of carbonyl (C=O) groups excluding carboxylic acids is 1. The molecule has 0 spiro atoms. The largest absolute Gasteiger partial charge is 0.491 e. The average Bonchev–Trinajstić information content (AvgIpc) is 2.56. The molecule has 25 heavy (non-hydrogen) atoms. The van der Waals surface area contributed by atoms with E-state index < -0.39 is 10.8 Å². The van der Waals surface area contributed by atoms with Crippen molar-refractivity contribution in [3.8, 4) is 5.75 Å². The minimum Gasteiger partial charge on any atom is -0.491 e. The number of nitrogens with zero attached hydrogens (tertiary/aromatic N) is 2. The van der Waals surface area contributed by atoms with Gasteiger partial charge in [-0.3, -0.25) is 14.9 Å². The topological polar surface area (TPSA) is 93.8 Å². The predicted octanol–water partition coefficient (Wildman–Crippen LogP) is 3.07. The molecule has 2 rings (SSSR count). The van der Waals surface area contributed by atoms with Gasteiger partial charge in [-0.25, -0.2) is 5.43 Å². The standard InChI is InChI=1S/C18H19N3O4/c1-13(2)25-16-9-7-14(8-10-16)12-19-20-18(22)11-15-5-3-4-6-17(15)21(23)24/h3-10,12-13H,11H2,1-2H3,(H,20,22). The molecule has 0 aliphatic heterocycles. The van der Waals surface area contributed by atoms with Crippen molar-refractivity contribution < 1.29 is 14.5 Å². The molecule has 1 N–H and O–H groups in total. The second-order valence-corrected chi connectivity index (χ2v) is 5.59. The summed E-state index contributed by atoms with van der Waals surface area (Å²) in [5, 5.41) is 14.8. The fourth-order valence-corrected chi connectivity index (χ4v) is 2.13. The maximum Gasteiger partial charge on any atom is 0.273 e. The fraction of sp³-hybridized carbons (Fsp3) is 0.222. The summed E-state index contributed by atoms with van der Waals surface area (Å²) >= 11 is 0. The van der Waals surface area contributed by atoms with E-state index in [9.17, 15) is 14.9 Å². The number of hydrogen-bond donors (Lipinski definition) is 1. The lowest BCUT2D eigenvalue weighted by molar-refractivity contribution is -0.385. The summed E-state index contributed by atoms with van der Waals surface area (Å²) < 4.78 is 5.54. The Morgan fingerprint density at radius 2 is 1.92 bits per heavy atom. The van der Waals surface area contributed by atoms with Crippen molar-refractivity contribution >= 4 is 17.8 Å². The summed E-state index contributed by atoms with van der Waals surface area (Å²) in [7, 11) is 0. The molecule has 130 valence electrons. The van der Waals surface area contributed by atoms with Gasteiger partial charge in [-0.15, -0.1) is 0 Å². The molecule has 0 aromatic heterocycles. The van der Waals surface area contributed by atoms with E-state index in [2.05, 4.69) is 10.5 Å². The predicted molar refractivity (Wildman–Crippen MR) is 94.7 cm³/mol. The number of hydrazone groups is 1. The number of rotatable bonds is 7. The van der Waals surface area contributed by atoms with Gasteiger partial charge in [0.15, 0.2) is 0 Å². The van der Waals surface area contributed by atoms with Crippen molar-refractivity contribution in [1.29, 1.82) is 0 Å². The molecule has 7 heteroatoms. The molecule has 0 saturated carbocycles. The second kappa shape index (κ2) is 8.58. The van der Waals surface area contributed by atoms with Crippen LogP contribution in [0.25, 0.3) is 0 Å². The van der Waals surface area contributed by atoms with E-state index in [1.807, 2.05) is 38.1 Å². The van der Waals surface area contributed by atoms with E-state index in [1.165, 1.54) is 12.3 Å². The number of nitro groups is 1. The summed E-state index contributed by atoms with van der Waals surface area (Å²) in [5.74, 6) is 0.331. The molecular weight excluding hydrogens is 322 g/mol. The van der Waals surface area contributed by atoms with Crippen molar-refractivity contribution in [1.82, 2.24) is 5.43 Å². The SMILES string of the molecule is CC(C)Oc1ccc(C=NNC(=O)Cc2ccccc2[N+](=O)[O-])cc1. The zero-order valence-electron chi connectivity index (χ0n) is 14.0. The normalized spacial score (nSPS) is 10.8. The number of nitrogens with one attached hydrogen (secondary N) is 1. The van der Waals surface area contributed by atoms with Gasteiger partial charge in [-0.05, 0) is 43.7 Å². The number of amides is 1. The Bertz CT molecular complexity index is 770. The number of nitro benzene ring substituents is 1. The number of para-hydroxylation sites is 1. The molecule has 7 nitrogen and oxygen atoms in total. The molecule has 1 amide bonds. The van der Waals surface area contributed by atoms with Crippen LogP contribution >= 0.6 is 0 Å². The maximum atomic E-state index is 11.9. The van der Waals surface area contributed by atoms with E-state index >= 15 is 0 Å². The fourth-order valence-electron chi connectivity index (χ4n) is 2.13. The second-order valence-electron chi connectivity index (χ2n) is 5.59. The molecule has 0 radical (unpaired) electrons. The van der Waals surface area contributed by atoms with Crippen LogP contribution in [0.1, 0.15) is 25.0 Å². The summed E-state index contributed by atoms with van der Waals surface area (Å²) in [6.45, 7) is 3.89. The third-order valence-corrected chi connectivity index (χ3v) is 3.19. The Balaban J connectivity index is 1.91. The van der Waals surface area contributed by atoms with E-state index in [4.69, 9.17) is 4.74 Å². The first-order chi connectivity index (χ1) is 12.0. The molecule has 0 bridgehead atoms. The van der Waals surface area contributed by atoms with Crippen LogP contribution in [0.15, 0.2) is 53.6 Å². The summed E-state index contributed by atoms with van der Waals surface area (Å²) in [5.41, 5.74) is 3.42. The highest BCUT2D eigenvalue weighted by Gasteiger charge is 2.14. The highest BCUT2D eigenvalue weighted by molar-refractivity contribution is 5.83. The van der Waals surface area contributed by atoms with Crippen LogP contribution in [-0.4, -0.2) is 23.1 Å². The zero-order valence-corrected chi connectivity index (χ0v) is 14.0. The molecule has 0 aliphatic carbocycles. The van der Waals surface area contributed by atoms with Gasteiger partial charge in [-0.2, -0.15) is 5.10 Å². The summed E-state index contributed by atoms with van der Waals surface area (Å²) in [6, 6.07) is 13.4. The molecule has 2 aromatic carbocycles. The Kier molecular flexibility index (Phi) is 6.22. The van der Waals surface area contributed by atoms with E-state index in [1.54, 1.807) is 18.2 Å². The van der Waals surface area contributed by atoms with E-state index in [0.29, 0.717) is 5.56 Å². The Morgan fingerprint density at radius 3 is 2.56 bits per heavy atom. The van der Waals surface area contributed by atoms with Gasteiger partial charge in [0.05, 0.1) is 23.7 Å². The number of hydrogen-bond acceptors (Lipinski definition) is 5. The summed E-state index contributed by atoms with van der Waals surface area (Å²) in [4.78, 5) is 22.3. The molecule has 0 atom stereocenters. The van der Waals surface area contributed by atoms with Crippen LogP contribution in [0.3, 0.4) is 0 Å². The summed E-state index contributed by atoms with van der Waals surface area (Å²) in [6.07, 6.45) is 1.48. The van der Waals surface area contributed by atoms with Gasteiger partial charge < -0.3 is 4.74 Å². The molecule has 2 aromatic rings. The quantitative estimate of drug-likeness (QED) is 0.476. The van der Waals surface area contributed by atoms with Crippen molar-refractivity contribution in [3.63, 3.8) is 0 Å². The Labute approximate surface area is 145 Å². The number of benzene rings is 2. The number of carbonyl (C=O) groups is 1. The molecule has 0 unspecified atom stereocenters. The highest BCUT2D eigenvalue weighted by atomic mass is 16.6. The lowest BCUT2D eigenvalue weighted by atomic mass is 10.1. The van der Waals surface area contributed by atoms with Crippen molar-refractivity contribution in [2.24, 2.45) is 5.10 Å². The zero-order chi connectivity index (χ0) is 18.2. The van der Waals surface area contributed by atoms with Crippen molar-refractivity contribution in [2.75, 3.05) is 0 Å². The van der Waals surface area contributed by atoms with Crippen molar-refractivity contribution in [3.05, 3.63) is 69.8 Å². The van der Waals surface area contributed by atoms with E-state index in [-0.39, 0.29) is 18.2 Å². The third-order valence-electron chi connectivity index (χ3n) is 3.19. The van der Waals surface area contributed by atoms with Gasteiger partial charge in [0.1, 0.15) is 5.75 Å². The first kappa shape index (κ1) is 18.1. The van der Waals surface area contributed by atoms with Crippen LogP contribution < -0.4 is 10.2 Å². The lowest BCUT2D eigenvalue weighted by Crippen LogP contribution is -2.20. The number of ether oxygens (including phenoxy) is 1. The van der Waals surface area contributed by atoms with Crippen LogP contribution in [-0.2, 0) is 11.2 Å². The third kappa shape index (κ3) is 5.72. The Hall–Kier alpha value is -3.22. The van der Waals surface area contributed by atoms with Crippen LogP contribution in [0.4, 0.5) is 5.69 Å². The minimum absolute atomic E-state index is 0.0811. The molecular formula is C18H19N3O4. The molecule has 0 heterocycles. The van der Waals surface area contributed by atoms with Crippen LogP contribution in [0.5, 0.6) is 5.75 Å². The van der Waals surface area contributed by atoms with Gasteiger partial charge >= 0.3 is 0 Å². The van der Waals surface area contributed by atoms with Gasteiger partial charge in [0, 0.05) is 11.6 Å². The first-order valence-corrected chi connectivity index (χ1v) is 7.76. The minimum atomic E-state index is -0.507. The van der Waals surface area contributed by atoms with Gasteiger partial charge in [-0.1, -0.05) is 18.2 Å². The maximum absolute atomic E-state index is 11.9. The average molecular weight is 341 g/mol. The first-order valence-electron chi connectivity index (χ1n) is 7.76. The van der Waals surface area contributed by atoms with Crippen LogP contribution in [0, 0.1) is 10.1 Å². The Morgan fingerprint density at radius 1 is 1.24 bits per heavy atom.